The van der Waals surface area contributed by atoms with Crippen LogP contribution in [0.4, 0.5) is 0 Å². The molecule has 0 unspecified atom stereocenters. The molecule has 5 heteroatoms. The molecule has 1 saturated carbocycles. The summed E-state index contributed by atoms with van der Waals surface area (Å²) in [7, 11) is 0. The molecule has 1 nitrogen and oxygen atoms in total. The second-order valence-electron chi connectivity index (χ2n) is 6.08. The summed E-state index contributed by atoms with van der Waals surface area (Å²) in [6.07, 6.45) is 2.04. The van der Waals surface area contributed by atoms with E-state index < -0.39 is 0 Å². The van der Waals surface area contributed by atoms with Crippen LogP contribution in [-0.4, -0.2) is 4.98 Å². The predicted molar refractivity (Wildman–Crippen MR) is 104 cm³/mol. The molecule has 0 saturated heterocycles. The van der Waals surface area contributed by atoms with Crippen molar-refractivity contribution in [3.8, 4) is 11.3 Å². The number of benzene rings is 2. The van der Waals surface area contributed by atoms with Gasteiger partial charge in [0.25, 0.3) is 0 Å². The summed E-state index contributed by atoms with van der Waals surface area (Å²) in [4.78, 5) is 6.11. The fourth-order valence-electron chi connectivity index (χ4n) is 3.16. The van der Waals surface area contributed by atoms with Crippen LogP contribution in [0.25, 0.3) is 11.3 Å². The van der Waals surface area contributed by atoms with Gasteiger partial charge < -0.3 is 0 Å². The molecule has 4 rings (SSSR count). The molecule has 0 atom stereocenters. The fourth-order valence-corrected chi connectivity index (χ4v) is 5.32. The van der Waals surface area contributed by atoms with Crippen molar-refractivity contribution >= 4 is 46.1 Å². The van der Waals surface area contributed by atoms with E-state index in [2.05, 4.69) is 6.92 Å². The molecule has 0 aliphatic heterocycles. The molecule has 122 valence electrons. The molecule has 1 heterocycles. The number of halogens is 3. The Bertz CT molecular complexity index is 908. The minimum atomic E-state index is -0.148. The lowest BCUT2D eigenvalue weighted by molar-refractivity contribution is 0.835. The zero-order chi connectivity index (χ0) is 16.9. The van der Waals surface area contributed by atoms with Crippen molar-refractivity contribution in [3.05, 3.63) is 73.0 Å². The van der Waals surface area contributed by atoms with E-state index in [1.54, 1.807) is 11.3 Å². The summed E-state index contributed by atoms with van der Waals surface area (Å²) in [5.41, 5.74) is 2.78. The highest BCUT2D eigenvalue weighted by Crippen LogP contribution is 2.58. The summed E-state index contributed by atoms with van der Waals surface area (Å²) < 4.78 is 0. The predicted octanol–water partition coefficient (Wildman–Crippen LogP) is 7.16. The molecule has 0 N–H and O–H groups in total. The first-order valence-corrected chi connectivity index (χ1v) is 9.65. The quantitative estimate of drug-likeness (QED) is 0.459. The van der Waals surface area contributed by atoms with E-state index >= 15 is 0 Å². The van der Waals surface area contributed by atoms with Gasteiger partial charge in [-0.05, 0) is 38.0 Å². The van der Waals surface area contributed by atoms with E-state index in [1.165, 1.54) is 0 Å². The van der Waals surface area contributed by atoms with Gasteiger partial charge in [0, 0.05) is 31.1 Å². The highest BCUT2D eigenvalue weighted by atomic mass is 35.5. The number of nitrogens with zero attached hydrogens (tertiary/aromatic N) is 1. The highest BCUT2D eigenvalue weighted by molar-refractivity contribution is 7.12. The van der Waals surface area contributed by atoms with Crippen molar-refractivity contribution in [2.45, 2.75) is 25.2 Å². The van der Waals surface area contributed by atoms with Crippen LogP contribution in [0.2, 0.25) is 15.1 Å². The van der Waals surface area contributed by atoms with Crippen LogP contribution in [0, 0.1) is 6.92 Å². The summed E-state index contributed by atoms with van der Waals surface area (Å²) >= 11 is 21.0. The average molecular weight is 395 g/mol. The Hall–Kier alpha value is -1.06. The van der Waals surface area contributed by atoms with Crippen molar-refractivity contribution in [2.75, 3.05) is 0 Å². The molecule has 0 amide bonds. The van der Waals surface area contributed by atoms with E-state index in [1.807, 2.05) is 42.5 Å². The van der Waals surface area contributed by atoms with Crippen LogP contribution < -0.4 is 0 Å². The first-order valence-electron chi connectivity index (χ1n) is 7.70. The molecule has 0 radical (unpaired) electrons. The van der Waals surface area contributed by atoms with E-state index in [9.17, 15) is 0 Å². The van der Waals surface area contributed by atoms with Gasteiger partial charge >= 0.3 is 0 Å². The lowest BCUT2D eigenvalue weighted by Gasteiger charge is -2.16. The third-order valence-electron chi connectivity index (χ3n) is 4.53. The number of thiazole rings is 1. The number of hydrogen-bond acceptors (Lipinski definition) is 2. The maximum atomic E-state index is 6.46. The summed E-state index contributed by atoms with van der Waals surface area (Å²) in [5.74, 6) is 0. The first-order chi connectivity index (χ1) is 11.5. The SMILES string of the molecule is Cc1sc(C2(c3c(Cl)cccc3Cl)CC2)nc1-c1ccccc1Cl. The Morgan fingerprint density at radius 1 is 0.917 bits per heavy atom. The Labute approximate surface area is 160 Å². The maximum Gasteiger partial charge on any atom is 0.104 e. The van der Waals surface area contributed by atoms with E-state index in [0.717, 1.165) is 44.6 Å². The Kier molecular flexibility index (Phi) is 4.12. The minimum Gasteiger partial charge on any atom is -0.240 e. The van der Waals surface area contributed by atoms with E-state index in [0.29, 0.717) is 10.0 Å². The van der Waals surface area contributed by atoms with Crippen molar-refractivity contribution in [2.24, 2.45) is 0 Å². The van der Waals surface area contributed by atoms with Crippen LogP contribution >= 0.6 is 46.1 Å². The zero-order valence-corrected chi connectivity index (χ0v) is 16.0. The number of rotatable bonds is 3. The van der Waals surface area contributed by atoms with Gasteiger partial charge in [0.1, 0.15) is 5.01 Å². The molecular formula is C19H14Cl3NS. The summed E-state index contributed by atoms with van der Waals surface area (Å²) in [6.45, 7) is 2.09. The van der Waals surface area contributed by atoms with Crippen LogP contribution in [0.1, 0.15) is 28.3 Å². The Balaban J connectivity index is 1.85. The Morgan fingerprint density at radius 2 is 1.54 bits per heavy atom. The van der Waals surface area contributed by atoms with E-state index in [-0.39, 0.29) is 5.41 Å². The van der Waals surface area contributed by atoms with Crippen molar-refractivity contribution in [1.29, 1.82) is 0 Å². The van der Waals surface area contributed by atoms with Gasteiger partial charge in [-0.25, -0.2) is 4.98 Å². The molecule has 0 bridgehead atoms. The van der Waals surface area contributed by atoms with Gasteiger partial charge in [-0.1, -0.05) is 59.1 Å². The van der Waals surface area contributed by atoms with E-state index in [4.69, 9.17) is 39.8 Å². The molecule has 1 aromatic heterocycles. The van der Waals surface area contributed by atoms with Crippen molar-refractivity contribution < 1.29 is 0 Å². The molecule has 1 aliphatic rings. The third-order valence-corrected chi connectivity index (χ3v) is 6.66. The zero-order valence-electron chi connectivity index (χ0n) is 12.9. The molecule has 1 fully saturated rings. The molecular weight excluding hydrogens is 381 g/mol. The van der Waals surface area contributed by atoms with Crippen molar-refractivity contribution in [1.82, 2.24) is 4.98 Å². The topological polar surface area (TPSA) is 12.9 Å². The van der Waals surface area contributed by atoms with Gasteiger partial charge in [0.2, 0.25) is 0 Å². The van der Waals surface area contributed by atoms with Crippen LogP contribution in [0.3, 0.4) is 0 Å². The molecule has 0 spiro atoms. The first kappa shape index (κ1) is 16.4. The summed E-state index contributed by atoms with van der Waals surface area (Å²) in [5, 5.41) is 3.22. The normalized spacial score (nSPS) is 15.5. The standard InChI is InChI=1S/C19H14Cl3NS/c1-11-17(12-5-2-3-6-13(12)20)23-18(24-11)19(9-10-19)16-14(21)7-4-8-15(16)22/h2-8H,9-10H2,1H3. The molecule has 1 aliphatic carbocycles. The second kappa shape index (κ2) is 6.03. The lowest BCUT2D eigenvalue weighted by Crippen LogP contribution is -2.10. The Morgan fingerprint density at radius 3 is 2.17 bits per heavy atom. The monoisotopic (exact) mass is 393 g/mol. The largest absolute Gasteiger partial charge is 0.240 e. The highest BCUT2D eigenvalue weighted by Gasteiger charge is 2.51. The molecule has 2 aromatic carbocycles. The van der Waals surface area contributed by atoms with Gasteiger partial charge in [-0.15, -0.1) is 11.3 Å². The smallest absolute Gasteiger partial charge is 0.104 e. The molecule has 3 aromatic rings. The van der Waals surface area contributed by atoms with Gasteiger partial charge in [0.05, 0.1) is 11.1 Å². The molecule has 24 heavy (non-hydrogen) atoms. The second-order valence-corrected chi connectivity index (χ2v) is 8.51. The van der Waals surface area contributed by atoms with Gasteiger partial charge in [-0.2, -0.15) is 0 Å². The lowest BCUT2D eigenvalue weighted by atomic mass is 9.96. The number of hydrogen-bond donors (Lipinski definition) is 0. The summed E-state index contributed by atoms with van der Waals surface area (Å²) in [6, 6.07) is 13.5. The van der Waals surface area contributed by atoms with Crippen LogP contribution in [0.15, 0.2) is 42.5 Å². The van der Waals surface area contributed by atoms with Crippen molar-refractivity contribution in [3.63, 3.8) is 0 Å². The third kappa shape index (κ3) is 2.57. The van der Waals surface area contributed by atoms with Gasteiger partial charge in [-0.3, -0.25) is 0 Å². The number of aryl methyl sites for hydroxylation is 1. The maximum absolute atomic E-state index is 6.46. The van der Waals surface area contributed by atoms with Gasteiger partial charge in [0.15, 0.2) is 0 Å². The number of aromatic nitrogens is 1. The minimum absolute atomic E-state index is 0.148. The fraction of sp³-hybridized carbons (Fsp3) is 0.211. The average Bonchev–Trinajstić information content (AvgIpc) is 3.24. The van der Waals surface area contributed by atoms with Crippen LogP contribution in [-0.2, 0) is 5.41 Å². The van der Waals surface area contributed by atoms with Crippen LogP contribution in [0.5, 0.6) is 0 Å².